The van der Waals surface area contributed by atoms with Gasteiger partial charge in [-0.1, -0.05) is 30.3 Å². The van der Waals surface area contributed by atoms with Gasteiger partial charge in [0.15, 0.2) is 5.96 Å². The van der Waals surface area contributed by atoms with Gasteiger partial charge < -0.3 is 21.1 Å². The molecule has 160 valence electrons. The molecule has 2 aromatic rings. The van der Waals surface area contributed by atoms with E-state index in [2.05, 4.69) is 50.1 Å². The Morgan fingerprint density at radius 1 is 1.17 bits per heavy atom. The summed E-state index contributed by atoms with van der Waals surface area (Å²) < 4.78 is 0. The summed E-state index contributed by atoms with van der Waals surface area (Å²) in [5, 5.41) is 18.8. The Morgan fingerprint density at radius 2 is 1.93 bits per heavy atom. The van der Waals surface area contributed by atoms with E-state index in [-0.39, 0.29) is 18.2 Å². The Balaban J connectivity index is 1.52. The third kappa shape index (κ3) is 7.08. The van der Waals surface area contributed by atoms with Crippen LogP contribution in [-0.2, 0) is 11.3 Å². The Labute approximate surface area is 178 Å². The topological polar surface area (TPSA) is 89.0 Å². The molecular weight excluding hydrogens is 378 g/mol. The maximum atomic E-state index is 12.2. The fourth-order valence-corrected chi connectivity index (χ4v) is 3.57. The van der Waals surface area contributed by atoms with E-state index in [0.29, 0.717) is 17.7 Å². The molecule has 0 aliphatic carbocycles. The van der Waals surface area contributed by atoms with Crippen LogP contribution in [0.4, 0.5) is 5.69 Å². The molecule has 7 heteroatoms. The van der Waals surface area contributed by atoms with Gasteiger partial charge in [0, 0.05) is 31.4 Å². The average molecular weight is 410 g/mol. The van der Waals surface area contributed by atoms with Crippen molar-refractivity contribution < 1.29 is 9.90 Å². The van der Waals surface area contributed by atoms with Crippen molar-refractivity contribution in [1.82, 2.24) is 15.5 Å². The van der Waals surface area contributed by atoms with Crippen LogP contribution in [0.1, 0.15) is 25.3 Å². The number of aliphatic imine (C=N–C) groups is 1. The number of carbonyl (C=O) groups is 1. The van der Waals surface area contributed by atoms with Crippen molar-refractivity contribution >= 4 is 17.6 Å². The molecule has 1 aliphatic rings. The second kappa shape index (κ2) is 11.2. The van der Waals surface area contributed by atoms with Gasteiger partial charge in [-0.3, -0.25) is 9.69 Å². The van der Waals surface area contributed by atoms with Gasteiger partial charge in [-0.05, 0) is 56.1 Å². The van der Waals surface area contributed by atoms with Gasteiger partial charge in [0.2, 0.25) is 5.91 Å². The summed E-state index contributed by atoms with van der Waals surface area (Å²) >= 11 is 0. The number of benzene rings is 2. The van der Waals surface area contributed by atoms with E-state index in [9.17, 15) is 9.90 Å². The van der Waals surface area contributed by atoms with E-state index in [0.717, 1.165) is 39.0 Å². The van der Waals surface area contributed by atoms with Crippen molar-refractivity contribution in [3.05, 3.63) is 60.2 Å². The van der Waals surface area contributed by atoms with Crippen molar-refractivity contribution in [2.75, 3.05) is 31.5 Å². The quantitative estimate of drug-likeness (QED) is 0.321. The molecular formula is C23H31N5O2. The summed E-state index contributed by atoms with van der Waals surface area (Å²) in [6.07, 6.45) is 2.21. The monoisotopic (exact) mass is 409 g/mol. The van der Waals surface area contributed by atoms with Gasteiger partial charge in [0.05, 0.1) is 0 Å². The van der Waals surface area contributed by atoms with Crippen LogP contribution in [0.5, 0.6) is 5.75 Å². The van der Waals surface area contributed by atoms with Crippen LogP contribution < -0.4 is 16.0 Å². The largest absolute Gasteiger partial charge is 0.508 e. The number of nitrogens with zero attached hydrogens (tertiary/aromatic N) is 2. The number of amides is 1. The van der Waals surface area contributed by atoms with E-state index in [1.165, 1.54) is 17.7 Å². The number of nitrogens with one attached hydrogen (secondary N) is 3. The molecule has 1 aliphatic heterocycles. The van der Waals surface area contributed by atoms with Gasteiger partial charge in [0.25, 0.3) is 0 Å². The lowest BCUT2D eigenvalue weighted by Crippen LogP contribution is -2.51. The molecule has 1 atom stereocenters. The fraction of sp³-hybridized carbons (Fsp3) is 0.391. The summed E-state index contributed by atoms with van der Waals surface area (Å²) in [6, 6.07) is 17.2. The zero-order valence-electron chi connectivity index (χ0n) is 17.5. The number of rotatable bonds is 7. The lowest BCUT2D eigenvalue weighted by atomic mass is 10.0. The molecule has 4 N–H and O–H groups in total. The first-order valence-corrected chi connectivity index (χ1v) is 10.5. The molecule has 0 spiro atoms. The molecule has 1 saturated heterocycles. The molecule has 2 aromatic carbocycles. The first-order chi connectivity index (χ1) is 14.6. The molecule has 30 heavy (non-hydrogen) atoms. The van der Waals surface area contributed by atoms with Gasteiger partial charge in [-0.15, -0.1) is 0 Å². The highest BCUT2D eigenvalue weighted by atomic mass is 16.3. The Hall–Kier alpha value is -3.06. The average Bonchev–Trinajstić information content (AvgIpc) is 2.75. The predicted molar refractivity (Wildman–Crippen MR) is 121 cm³/mol. The number of carbonyl (C=O) groups excluding carboxylic acids is 1. The third-order valence-electron chi connectivity index (χ3n) is 4.97. The summed E-state index contributed by atoms with van der Waals surface area (Å²) in [4.78, 5) is 19.1. The number of aromatic hydroxyl groups is 1. The Bertz CT molecular complexity index is 823. The molecule has 0 radical (unpaired) electrons. The van der Waals surface area contributed by atoms with Gasteiger partial charge >= 0.3 is 0 Å². The molecule has 1 heterocycles. The van der Waals surface area contributed by atoms with Crippen LogP contribution in [-0.4, -0.2) is 54.1 Å². The van der Waals surface area contributed by atoms with E-state index in [1.807, 2.05) is 13.0 Å². The van der Waals surface area contributed by atoms with Crippen molar-refractivity contribution in [1.29, 1.82) is 0 Å². The lowest BCUT2D eigenvalue weighted by molar-refractivity contribution is -0.114. The highest BCUT2D eigenvalue weighted by Gasteiger charge is 2.20. The zero-order chi connectivity index (χ0) is 21.2. The predicted octanol–water partition coefficient (Wildman–Crippen LogP) is 2.55. The van der Waals surface area contributed by atoms with E-state index < -0.39 is 0 Å². The Morgan fingerprint density at radius 3 is 2.67 bits per heavy atom. The first-order valence-electron chi connectivity index (χ1n) is 10.5. The van der Waals surface area contributed by atoms with Crippen LogP contribution in [0.25, 0.3) is 0 Å². The molecule has 1 amide bonds. The van der Waals surface area contributed by atoms with E-state index >= 15 is 0 Å². The number of anilines is 1. The van der Waals surface area contributed by atoms with Crippen molar-refractivity contribution in [3.63, 3.8) is 0 Å². The van der Waals surface area contributed by atoms with E-state index in [4.69, 9.17) is 0 Å². The highest BCUT2D eigenvalue weighted by molar-refractivity contribution is 5.94. The Kier molecular flexibility index (Phi) is 8.09. The van der Waals surface area contributed by atoms with Crippen molar-refractivity contribution in [2.24, 2.45) is 4.99 Å². The smallest absolute Gasteiger partial charge is 0.246 e. The number of likely N-dealkylation sites (tertiary alicyclic amines) is 1. The minimum Gasteiger partial charge on any atom is -0.508 e. The second-order valence-electron chi connectivity index (χ2n) is 7.49. The molecule has 1 unspecified atom stereocenters. The maximum absolute atomic E-state index is 12.2. The minimum absolute atomic E-state index is 0.0245. The van der Waals surface area contributed by atoms with Gasteiger partial charge in [0.1, 0.15) is 12.3 Å². The number of hydrogen-bond donors (Lipinski definition) is 4. The normalized spacial score (nSPS) is 17.4. The van der Waals surface area contributed by atoms with Gasteiger partial charge in [-0.2, -0.15) is 0 Å². The SMILES string of the molecule is CCNC(=NCC(=O)Nc1ccc(O)cc1)NC1CCCN(Cc2ccccc2)C1. The number of guanidine groups is 1. The highest BCUT2D eigenvalue weighted by Crippen LogP contribution is 2.14. The van der Waals surface area contributed by atoms with Crippen molar-refractivity contribution in [2.45, 2.75) is 32.4 Å². The standard InChI is InChI=1S/C23H31N5O2/c1-2-24-23(25-15-22(30)26-19-10-12-21(29)13-11-19)27-20-9-6-14-28(17-20)16-18-7-4-3-5-8-18/h3-5,7-8,10-13,20,29H,2,6,9,14-17H2,1H3,(H,26,30)(H2,24,25,27). The molecule has 3 rings (SSSR count). The summed E-state index contributed by atoms with van der Waals surface area (Å²) in [5.74, 6) is 0.621. The van der Waals surface area contributed by atoms with Crippen LogP contribution in [0, 0.1) is 0 Å². The summed E-state index contributed by atoms with van der Waals surface area (Å²) in [5.41, 5.74) is 1.96. The summed E-state index contributed by atoms with van der Waals surface area (Å²) in [7, 11) is 0. The van der Waals surface area contributed by atoms with Crippen LogP contribution in [0.15, 0.2) is 59.6 Å². The number of phenols is 1. The van der Waals surface area contributed by atoms with Crippen LogP contribution in [0.2, 0.25) is 0 Å². The van der Waals surface area contributed by atoms with Gasteiger partial charge in [-0.25, -0.2) is 4.99 Å². The fourth-order valence-electron chi connectivity index (χ4n) is 3.57. The van der Waals surface area contributed by atoms with Crippen molar-refractivity contribution in [3.8, 4) is 5.75 Å². The number of phenolic OH excluding ortho intramolecular Hbond substituents is 1. The van der Waals surface area contributed by atoms with Crippen LogP contribution in [0.3, 0.4) is 0 Å². The molecule has 7 nitrogen and oxygen atoms in total. The number of piperidine rings is 1. The zero-order valence-corrected chi connectivity index (χ0v) is 17.5. The maximum Gasteiger partial charge on any atom is 0.246 e. The molecule has 0 aromatic heterocycles. The second-order valence-corrected chi connectivity index (χ2v) is 7.49. The summed E-state index contributed by atoms with van der Waals surface area (Å²) in [6.45, 7) is 5.75. The van der Waals surface area contributed by atoms with E-state index in [1.54, 1.807) is 12.1 Å². The third-order valence-corrected chi connectivity index (χ3v) is 4.97. The van der Waals surface area contributed by atoms with Crippen LogP contribution >= 0.6 is 0 Å². The molecule has 1 fully saturated rings. The molecule has 0 bridgehead atoms. The number of hydrogen-bond acceptors (Lipinski definition) is 4. The molecule has 0 saturated carbocycles. The minimum atomic E-state index is -0.202. The lowest BCUT2D eigenvalue weighted by Gasteiger charge is -2.34. The first kappa shape index (κ1) is 21.6.